The van der Waals surface area contributed by atoms with E-state index in [4.69, 9.17) is 4.74 Å². The predicted octanol–water partition coefficient (Wildman–Crippen LogP) is 3.51. The second kappa shape index (κ2) is 6.63. The lowest BCUT2D eigenvalue weighted by Crippen LogP contribution is -2.15. The quantitative estimate of drug-likeness (QED) is 0.888. The van der Waals surface area contributed by atoms with Crippen LogP contribution in [-0.2, 0) is 10.0 Å². The first-order chi connectivity index (χ1) is 10.1. The summed E-state index contributed by atoms with van der Waals surface area (Å²) in [5.74, 6) is 0.558. The first-order valence-electron chi connectivity index (χ1n) is 6.88. The summed E-state index contributed by atoms with van der Waals surface area (Å²) in [5.41, 5.74) is 2.44. The van der Waals surface area contributed by atoms with Gasteiger partial charge in [-0.25, -0.2) is 8.42 Å². The Hall–Kier alpha value is -2.01. The van der Waals surface area contributed by atoms with Gasteiger partial charge in [0.25, 0.3) is 0 Å². The van der Waals surface area contributed by atoms with Crippen LogP contribution in [0.3, 0.4) is 0 Å². The highest BCUT2D eigenvalue weighted by Crippen LogP contribution is 2.31. The van der Waals surface area contributed by atoms with Crippen molar-refractivity contribution in [2.24, 2.45) is 0 Å². The maximum Gasteiger partial charge on any atom is 0.232 e. The molecule has 0 atom stereocenters. The monoisotopic (exact) mass is 305 g/mol. The molecule has 1 N–H and O–H groups in total. The van der Waals surface area contributed by atoms with E-state index >= 15 is 0 Å². The Morgan fingerprint density at radius 1 is 1.00 bits per heavy atom. The van der Waals surface area contributed by atoms with Crippen molar-refractivity contribution in [3.05, 3.63) is 48.5 Å². The third kappa shape index (κ3) is 3.98. The zero-order valence-electron chi connectivity index (χ0n) is 12.2. The van der Waals surface area contributed by atoms with Crippen molar-refractivity contribution in [1.29, 1.82) is 0 Å². The number of benzene rings is 2. The summed E-state index contributed by atoms with van der Waals surface area (Å²) < 4.78 is 31.7. The molecule has 0 heterocycles. The van der Waals surface area contributed by atoms with E-state index in [1.54, 1.807) is 19.1 Å². The van der Waals surface area contributed by atoms with Crippen LogP contribution in [0.15, 0.2) is 48.5 Å². The van der Waals surface area contributed by atoms with Gasteiger partial charge in [-0.1, -0.05) is 36.4 Å². The van der Waals surface area contributed by atoms with E-state index < -0.39 is 10.0 Å². The lowest BCUT2D eigenvalue weighted by Gasteiger charge is -2.14. The Balaban J connectivity index is 2.44. The second-order valence-corrected chi connectivity index (χ2v) is 6.53. The average Bonchev–Trinajstić information content (AvgIpc) is 2.50. The molecule has 2 aromatic rings. The molecule has 2 aromatic carbocycles. The molecule has 0 aliphatic heterocycles. The van der Waals surface area contributed by atoms with E-state index in [1.807, 2.05) is 43.3 Å². The standard InChI is InChI=1S/C16H19NO3S/c1-3-20-16-11-10-14(13-8-6-5-7-9-13)12-15(16)17-21(18,19)4-2/h5-12,17H,3-4H2,1-2H3. The van der Waals surface area contributed by atoms with E-state index in [9.17, 15) is 8.42 Å². The molecule has 21 heavy (non-hydrogen) atoms. The Bertz CT molecular complexity index is 697. The topological polar surface area (TPSA) is 55.4 Å². The van der Waals surface area contributed by atoms with Gasteiger partial charge in [0.05, 0.1) is 18.0 Å². The average molecular weight is 305 g/mol. The molecule has 112 valence electrons. The van der Waals surface area contributed by atoms with E-state index in [1.165, 1.54) is 0 Å². The number of rotatable bonds is 6. The first kappa shape index (κ1) is 15.4. The molecule has 0 fully saturated rings. The van der Waals surface area contributed by atoms with Crippen molar-refractivity contribution >= 4 is 15.7 Å². The van der Waals surface area contributed by atoms with Crippen molar-refractivity contribution < 1.29 is 13.2 Å². The van der Waals surface area contributed by atoms with Crippen molar-refractivity contribution in [3.63, 3.8) is 0 Å². The molecular weight excluding hydrogens is 286 g/mol. The van der Waals surface area contributed by atoms with Crippen molar-refractivity contribution in [3.8, 4) is 16.9 Å². The highest BCUT2D eigenvalue weighted by atomic mass is 32.2. The molecule has 4 nitrogen and oxygen atoms in total. The van der Waals surface area contributed by atoms with Crippen LogP contribution in [0.2, 0.25) is 0 Å². The van der Waals surface area contributed by atoms with E-state index in [0.29, 0.717) is 18.0 Å². The number of hydrogen-bond acceptors (Lipinski definition) is 3. The lowest BCUT2D eigenvalue weighted by molar-refractivity contribution is 0.342. The zero-order chi connectivity index (χ0) is 15.3. The number of nitrogens with one attached hydrogen (secondary N) is 1. The van der Waals surface area contributed by atoms with Gasteiger partial charge < -0.3 is 4.74 Å². The van der Waals surface area contributed by atoms with Crippen LogP contribution in [0.1, 0.15) is 13.8 Å². The molecule has 0 spiro atoms. The SMILES string of the molecule is CCOc1ccc(-c2ccccc2)cc1NS(=O)(=O)CC. The minimum absolute atomic E-state index is 0.0220. The van der Waals surface area contributed by atoms with Gasteiger partial charge in [-0.05, 0) is 37.1 Å². The largest absolute Gasteiger partial charge is 0.492 e. The van der Waals surface area contributed by atoms with Crippen molar-refractivity contribution in [1.82, 2.24) is 0 Å². The number of sulfonamides is 1. The molecule has 0 saturated carbocycles. The Kier molecular flexibility index (Phi) is 4.85. The molecule has 0 aliphatic carbocycles. The van der Waals surface area contributed by atoms with E-state index in [-0.39, 0.29) is 5.75 Å². The molecular formula is C16H19NO3S. The summed E-state index contributed by atoms with van der Waals surface area (Å²) in [6.07, 6.45) is 0. The molecule has 0 unspecified atom stereocenters. The highest BCUT2D eigenvalue weighted by Gasteiger charge is 2.12. The first-order valence-corrected chi connectivity index (χ1v) is 8.53. The van der Waals surface area contributed by atoms with Crippen LogP contribution in [0, 0.1) is 0 Å². The predicted molar refractivity (Wildman–Crippen MR) is 86.1 cm³/mol. The third-order valence-electron chi connectivity index (χ3n) is 3.03. The van der Waals surface area contributed by atoms with Crippen LogP contribution >= 0.6 is 0 Å². The van der Waals surface area contributed by atoms with Gasteiger partial charge in [-0.2, -0.15) is 0 Å². The molecule has 0 radical (unpaired) electrons. The van der Waals surface area contributed by atoms with Crippen molar-refractivity contribution in [2.75, 3.05) is 17.1 Å². The normalized spacial score (nSPS) is 11.1. The minimum atomic E-state index is -3.34. The van der Waals surface area contributed by atoms with Crippen LogP contribution in [0.25, 0.3) is 11.1 Å². The van der Waals surface area contributed by atoms with Gasteiger partial charge in [0.1, 0.15) is 5.75 Å². The summed E-state index contributed by atoms with van der Waals surface area (Å²) in [6, 6.07) is 15.3. The molecule has 0 saturated heterocycles. The molecule has 0 bridgehead atoms. The summed E-state index contributed by atoms with van der Waals surface area (Å²) >= 11 is 0. The van der Waals surface area contributed by atoms with E-state index in [2.05, 4.69) is 4.72 Å². The molecule has 2 rings (SSSR count). The maximum atomic E-state index is 11.8. The van der Waals surface area contributed by atoms with Gasteiger partial charge >= 0.3 is 0 Å². The summed E-state index contributed by atoms with van der Waals surface area (Å²) in [4.78, 5) is 0. The smallest absolute Gasteiger partial charge is 0.232 e. The minimum Gasteiger partial charge on any atom is -0.492 e. The molecule has 5 heteroatoms. The fraction of sp³-hybridized carbons (Fsp3) is 0.250. The second-order valence-electron chi connectivity index (χ2n) is 4.52. The summed E-state index contributed by atoms with van der Waals surface area (Å²) in [6.45, 7) is 3.94. The summed E-state index contributed by atoms with van der Waals surface area (Å²) in [7, 11) is -3.34. The Morgan fingerprint density at radius 2 is 1.71 bits per heavy atom. The van der Waals surface area contributed by atoms with Crippen LogP contribution in [-0.4, -0.2) is 20.8 Å². The van der Waals surface area contributed by atoms with Crippen LogP contribution in [0.4, 0.5) is 5.69 Å². The lowest BCUT2D eigenvalue weighted by atomic mass is 10.1. The fourth-order valence-electron chi connectivity index (χ4n) is 1.94. The Labute approximate surface area is 125 Å². The molecule has 0 aromatic heterocycles. The van der Waals surface area contributed by atoms with Crippen LogP contribution in [0.5, 0.6) is 5.75 Å². The van der Waals surface area contributed by atoms with Gasteiger partial charge in [-0.15, -0.1) is 0 Å². The molecule has 0 aliphatic rings. The zero-order valence-corrected chi connectivity index (χ0v) is 13.0. The fourth-order valence-corrected chi connectivity index (χ4v) is 2.58. The highest BCUT2D eigenvalue weighted by molar-refractivity contribution is 7.92. The number of anilines is 1. The Morgan fingerprint density at radius 3 is 2.33 bits per heavy atom. The third-order valence-corrected chi connectivity index (χ3v) is 4.32. The van der Waals surface area contributed by atoms with Crippen molar-refractivity contribution in [2.45, 2.75) is 13.8 Å². The van der Waals surface area contributed by atoms with Crippen LogP contribution < -0.4 is 9.46 Å². The van der Waals surface area contributed by atoms with Gasteiger partial charge in [0.2, 0.25) is 10.0 Å². The number of ether oxygens (including phenoxy) is 1. The molecule has 0 amide bonds. The maximum absolute atomic E-state index is 11.8. The van der Waals surface area contributed by atoms with Gasteiger partial charge in [0.15, 0.2) is 0 Å². The van der Waals surface area contributed by atoms with Gasteiger partial charge in [-0.3, -0.25) is 4.72 Å². The van der Waals surface area contributed by atoms with Gasteiger partial charge in [0, 0.05) is 0 Å². The number of hydrogen-bond donors (Lipinski definition) is 1. The summed E-state index contributed by atoms with van der Waals surface area (Å²) in [5, 5.41) is 0. The van der Waals surface area contributed by atoms with E-state index in [0.717, 1.165) is 11.1 Å².